The fourth-order valence-corrected chi connectivity index (χ4v) is 4.22. The number of benzene rings is 3. The van der Waals surface area contributed by atoms with Crippen molar-refractivity contribution in [2.45, 2.75) is 46.5 Å². The highest BCUT2D eigenvalue weighted by atomic mass is 79.9. The molecule has 0 atom stereocenters. The van der Waals surface area contributed by atoms with E-state index in [1.165, 1.54) is 27.9 Å². The van der Waals surface area contributed by atoms with E-state index >= 15 is 0 Å². The summed E-state index contributed by atoms with van der Waals surface area (Å²) in [4.78, 5) is 0. The minimum Gasteiger partial charge on any atom is -0.399 e. The molecule has 3 aromatic rings. The summed E-state index contributed by atoms with van der Waals surface area (Å²) in [5.41, 5.74) is 15.2. The summed E-state index contributed by atoms with van der Waals surface area (Å²) in [5, 5.41) is 3.76. The maximum Gasteiger partial charge on any atom is 0.0558 e. The second-order valence-electron chi connectivity index (χ2n) is 8.02. The average Bonchev–Trinajstić information content (AvgIpc) is 2.64. The summed E-state index contributed by atoms with van der Waals surface area (Å²) >= 11 is 3.80. The highest BCUT2D eigenvalue weighted by Gasteiger charge is 2.16. The van der Waals surface area contributed by atoms with Gasteiger partial charge in [-0.05, 0) is 86.8 Å². The van der Waals surface area contributed by atoms with Crippen molar-refractivity contribution in [3.8, 4) is 11.1 Å². The Kier molecular flexibility index (Phi) is 6.14. The summed E-state index contributed by atoms with van der Waals surface area (Å²) < 4.78 is 1.06. The lowest BCUT2D eigenvalue weighted by Crippen LogP contribution is -2.05. The van der Waals surface area contributed by atoms with Crippen LogP contribution in [0.15, 0.2) is 59.1 Å². The molecule has 0 saturated heterocycles. The first-order valence-corrected chi connectivity index (χ1v) is 10.6. The number of halogens is 1. The van der Waals surface area contributed by atoms with Gasteiger partial charge in [-0.15, -0.1) is 0 Å². The summed E-state index contributed by atoms with van der Waals surface area (Å²) in [6.07, 6.45) is 0. The highest BCUT2D eigenvalue weighted by Crippen LogP contribution is 2.39. The standard InChI is InChI=1S/C25H29BrN2/c1-15(2)21-7-6-8-22(16(3)4)25(21)28-24-17(5)13-19(14-23(24)26)18-9-11-20(27)12-10-18/h6-16,28H,27H2,1-5H3. The number of hydrogen-bond acceptors (Lipinski definition) is 2. The van der Waals surface area contributed by atoms with E-state index in [2.05, 4.69) is 98.3 Å². The van der Waals surface area contributed by atoms with E-state index < -0.39 is 0 Å². The molecule has 2 nitrogen and oxygen atoms in total. The zero-order valence-corrected chi connectivity index (χ0v) is 18.9. The van der Waals surface area contributed by atoms with Crippen LogP contribution in [0.25, 0.3) is 11.1 Å². The molecule has 3 aromatic carbocycles. The van der Waals surface area contributed by atoms with Crippen molar-refractivity contribution in [1.29, 1.82) is 0 Å². The first-order chi connectivity index (χ1) is 13.3. The van der Waals surface area contributed by atoms with Crippen molar-refractivity contribution in [1.82, 2.24) is 0 Å². The molecule has 0 fully saturated rings. The third-order valence-corrected chi connectivity index (χ3v) is 5.78. The molecule has 0 unspecified atom stereocenters. The molecule has 3 N–H and O–H groups in total. The molecule has 0 amide bonds. The molecule has 28 heavy (non-hydrogen) atoms. The third-order valence-electron chi connectivity index (χ3n) is 5.15. The summed E-state index contributed by atoms with van der Waals surface area (Å²) in [6.45, 7) is 11.1. The Morgan fingerprint density at radius 3 is 1.86 bits per heavy atom. The number of rotatable bonds is 5. The molecule has 0 radical (unpaired) electrons. The van der Waals surface area contributed by atoms with Crippen molar-refractivity contribution in [2.24, 2.45) is 0 Å². The Labute approximate surface area is 177 Å². The minimum atomic E-state index is 0.453. The Bertz CT molecular complexity index is 923. The first kappa shape index (κ1) is 20.5. The second kappa shape index (κ2) is 8.40. The summed E-state index contributed by atoms with van der Waals surface area (Å²) in [7, 11) is 0. The smallest absolute Gasteiger partial charge is 0.0558 e. The zero-order chi connectivity index (χ0) is 20.4. The minimum absolute atomic E-state index is 0.453. The van der Waals surface area contributed by atoms with E-state index in [4.69, 9.17) is 5.73 Å². The van der Waals surface area contributed by atoms with Gasteiger partial charge in [0.15, 0.2) is 0 Å². The summed E-state index contributed by atoms with van der Waals surface area (Å²) in [6, 6.07) is 19.0. The normalized spacial score (nSPS) is 11.3. The van der Waals surface area contributed by atoms with E-state index in [1.54, 1.807) is 0 Å². The predicted octanol–water partition coefficient (Wildman–Crippen LogP) is 8.00. The monoisotopic (exact) mass is 436 g/mol. The number of nitrogen functional groups attached to an aromatic ring is 1. The molecule has 0 heterocycles. The molecule has 0 aliphatic heterocycles. The Morgan fingerprint density at radius 2 is 1.36 bits per heavy atom. The number of aryl methyl sites for hydroxylation is 1. The molecule has 3 rings (SSSR count). The number of hydrogen-bond donors (Lipinski definition) is 2. The van der Waals surface area contributed by atoms with Gasteiger partial charge in [-0.25, -0.2) is 0 Å². The van der Waals surface area contributed by atoms with Crippen LogP contribution >= 0.6 is 15.9 Å². The largest absolute Gasteiger partial charge is 0.399 e. The fraction of sp³-hybridized carbons (Fsp3) is 0.280. The van der Waals surface area contributed by atoms with Crippen LogP contribution in [0.2, 0.25) is 0 Å². The van der Waals surface area contributed by atoms with E-state index in [9.17, 15) is 0 Å². The van der Waals surface area contributed by atoms with Crippen LogP contribution in [0.4, 0.5) is 17.1 Å². The topological polar surface area (TPSA) is 38.0 Å². The van der Waals surface area contributed by atoms with Crippen molar-refractivity contribution in [3.05, 3.63) is 75.8 Å². The number of para-hydroxylation sites is 1. The van der Waals surface area contributed by atoms with Crippen molar-refractivity contribution in [2.75, 3.05) is 11.1 Å². The molecule has 0 bridgehead atoms. The van der Waals surface area contributed by atoms with Gasteiger partial charge < -0.3 is 11.1 Å². The predicted molar refractivity (Wildman–Crippen MR) is 127 cm³/mol. The van der Waals surface area contributed by atoms with Crippen LogP contribution in [0.3, 0.4) is 0 Å². The maximum atomic E-state index is 5.83. The summed E-state index contributed by atoms with van der Waals surface area (Å²) in [5.74, 6) is 0.906. The SMILES string of the molecule is Cc1cc(-c2ccc(N)cc2)cc(Br)c1Nc1c(C(C)C)cccc1C(C)C. The Hall–Kier alpha value is -2.26. The number of nitrogens with two attached hydrogens (primary N) is 1. The van der Waals surface area contributed by atoms with Crippen molar-refractivity contribution in [3.63, 3.8) is 0 Å². The van der Waals surface area contributed by atoms with Crippen LogP contribution < -0.4 is 11.1 Å². The van der Waals surface area contributed by atoms with Crippen molar-refractivity contribution < 1.29 is 0 Å². The van der Waals surface area contributed by atoms with E-state index in [1.807, 2.05) is 12.1 Å². The molecule has 0 spiro atoms. The van der Waals surface area contributed by atoms with Crippen LogP contribution in [0.1, 0.15) is 56.2 Å². The average molecular weight is 437 g/mol. The molecular formula is C25H29BrN2. The molecule has 0 aromatic heterocycles. The van der Waals surface area contributed by atoms with Gasteiger partial charge in [0.1, 0.15) is 0 Å². The highest BCUT2D eigenvalue weighted by molar-refractivity contribution is 9.10. The van der Waals surface area contributed by atoms with E-state index in [0.29, 0.717) is 11.8 Å². The zero-order valence-electron chi connectivity index (χ0n) is 17.3. The molecule has 146 valence electrons. The second-order valence-corrected chi connectivity index (χ2v) is 8.87. The van der Waals surface area contributed by atoms with Gasteiger partial charge in [0.25, 0.3) is 0 Å². The fourth-order valence-electron chi connectivity index (χ4n) is 3.57. The number of anilines is 3. The van der Waals surface area contributed by atoms with Crippen LogP contribution in [-0.4, -0.2) is 0 Å². The van der Waals surface area contributed by atoms with Gasteiger partial charge in [-0.1, -0.05) is 58.0 Å². The van der Waals surface area contributed by atoms with Crippen LogP contribution in [0.5, 0.6) is 0 Å². The van der Waals surface area contributed by atoms with Gasteiger partial charge in [-0.2, -0.15) is 0 Å². The van der Waals surface area contributed by atoms with Crippen LogP contribution in [0, 0.1) is 6.92 Å². The first-order valence-electron chi connectivity index (χ1n) is 9.83. The van der Waals surface area contributed by atoms with E-state index in [-0.39, 0.29) is 0 Å². The quantitative estimate of drug-likeness (QED) is 0.397. The van der Waals surface area contributed by atoms with Gasteiger partial charge >= 0.3 is 0 Å². The molecule has 0 aliphatic carbocycles. The third kappa shape index (κ3) is 4.25. The Morgan fingerprint density at radius 1 is 0.786 bits per heavy atom. The molecule has 0 saturated carbocycles. The number of nitrogens with one attached hydrogen (secondary N) is 1. The van der Waals surface area contributed by atoms with E-state index in [0.717, 1.165) is 21.4 Å². The van der Waals surface area contributed by atoms with Gasteiger partial charge in [-0.3, -0.25) is 0 Å². The van der Waals surface area contributed by atoms with Gasteiger partial charge in [0.2, 0.25) is 0 Å². The lowest BCUT2D eigenvalue weighted by Gasteiger charge is -2.23. The molecular weight excluding hydrogens is 408 g/mol. The lowest BCUT2D eigenvalue weighted by atomic mass is 9.92. The molecule has 0 aliphatic rings. The maximum absolute atomic E-state index is 5.83. The molecule has 3 heteroatoms. The van der Waals surface area contributed by atoms with Crippen LogP contribution in [-0.2, 0) is 0 Å². The Balaban J connectivity index is 2.06. The van der Waals surface area contributed by atoms with Crippen molar-refractivity contribution >= 4 is 33.0 Å². The van der Waals surface area contributed by atoms with Gasteiger partial charge in [0, 0.05) is 15.8 Å². The lowest BCUT2D eigenvalue weighted by molar-refractivity contribution is 0.838. The van der Waals surface area contributed by atoms with Gasteiger partial charge in [0.05, 0.1) is 5.69 Å².